The summed E-state index contributed by atoms with van der Waals surface area (Å²) in [5.41, 5.74) is 4.01. The third-order valence-electron chi connectivity index (χ3n) is 2.48. The molecule has 19 heavy (non-hydrogen) atoms. The van der Waals surface area contributed by atoms with Crippen LogP contribution in [-0.4, -0.2) is 16.9 Å². The van der Waals surface area contributed by atoms with Crippen LogP contribution in [-0.2, 0) is 0 Å². The maximum absolute atomic E-state index is 12.2. The van der Waals surface area contributed by atoms with Gasteiger partial charge in [0.15, 0.2) is 5.69 Å². The van der Waals surface area contributed by atoms with E-state index in [0.29, 0.717) is 5.69 Å². The molecule has 0 bridgehead atoms. The third-order valence-corrected chi connectivity index (χ3v) is 3.24. The molecular formula is C14H17N3OS. The molecule has 1 aromatic carbocycles. The lowest BCUT2D eigenvalue weighted by Gasteiger charge is -2.09. The van der Waals surface area contributed by atoms with Crippen molar-refractivity contribution in [2.24, 2.45) is 0 Å². The first-order chi connectivity index (χ1) is 9.06. The van der Waals surface area contributed by atoms with E-state index in [-0.39, 0.29) is 11.9 Å². The quantitative estimate of drug-likeness (QED) is 0.897. The molecule has 100 valence electrons. The van der Waals surface area contributed by atoms with Gasteiger partial charge in [-0.05, 0) is 38.5 Å². The molecule has 2 N–H and O–H groups in total. The Labute approximate surface area is 116 Å². The van der Waals surface area contributed by atoms with Crippen molar-refractivity contribution >= 4 is 27.9 Å². The number of hydrogen-bond donors (Lipinski definition) is 2. The van der Waals surface area contributed by atoms with Crippen molar-refractivity contribution in [2.75, 3.05) is 10.6 Å². The predicted molar refractivity (Wildman–Crippen MR) is 80.0 cm³/mol. The first-order valence-corrected chi connectivity index (χ1v) is 7.02. The number of thiazole rings is 1. The Morgan fingerprint density at radius 2 is 2.16 bits per heavy atom. The van der Waals surface area contributed by atoms with Crippen LogP contribution in [0, 0.1) is 6.92 Å². The van der Waals surface area contributed by atoms with Gasteiger partial charge < -0.3 is 10.6 Å². The Kier molecular flexibility index (Phi) is 4.16. The number of nitrogens with zero attached hydrogens (tertiary/aromatic N) is 1. The summed E-state index contributed by atoms with van der Waals surface area (Å²) in [6.45, 7) is 6.05. The minimum atomic E-state index is -0.185. The summed E-state index contributed by atoms with van der Waals surface area (Å²) in [7, 11) is 0. The van der Waals surface area contributed by atoms with Crippen molar-refractivity contribution in [3.63, 3.8) is 0 Å². The van der Waals surface area contributed by atoms with Gasteiger partial charge >= 0.3 is 0 Å². The molecule has 0 unspecified atom stereocenters. The lowest BCUT2D eigenvalue weighted by Crippen LogP contribution is -2.17. The van der Waals surface area contributed by atoms with Crippen LogP contribution in [0.15, 0.2) is 29.8 Å². The second-order valence-corrected chi connectivity index (χ2v) is 5.51. The maximum Gasteiger partial charge on any atom is 0.277 e. The molecule has 0 saturated carbocycles. The summed E-state index contributed by atoms with van der Waals surface area (Å²) in [4.78, 5) is 16.3. The number of carbonyl (C=O) groups is 1. The smallest absolute Gasteiger partial charge is 0.277 e. The first-order valence-electron chi connectivity index (χ1n) is 6.14. The van der Waals surface area contributed by atoms with E-state index in [2.05, 4.69) is 15.6 Å². The topological polar surface area (TPSA) is 54.0 Å². The zero-order valence-corrected chi connectivity index (χ0v) is 12.0. The van der Waals surface area contributed by atoms with Gasteiger partial charge in [-0.2, -0.15) is 0 Å². The highest BCUT2D eigenvalue weighted by Gasteiger charge is 2.15. The molecule has 0 spiro atoms. The van der Waals surface area contributed by atoms with Crippen molar-refractivity contribution in [1.82, 2.24) is 4.98 Å². The van der Waals surface area contributed by atoms with Gasteiger partial charge in [0.1, 0.15) is 5.00 Å². The van der Waals surface area contributed by atoms with E-state index in [1.54, 1.807) is 5.51 Å². The van der Waals surface area contributed by atoms with E-state index in [0.717, 1.165) is 16.3 Å². The standard InChI is InChI=1S/C14H17N3OS/c1-9(2)16-14-12(15-8-19-14)13(18)17-11-6-4-5-10(3)7-11/h4-9,16H,1-3H3,(H,17,18). The molecule has 0 atom stereocenters. The van der Waals surface area contributed by atoms with Crippen LogP contribution >= 0.6 is 11.3 Å². The van der Waals surface area contributed by atoms with Crippen molar-refractivity contribution < 1.29 is 4.79 Å². The van der Waals surface area contributed by atoms with Crippen LogP contribution in [0.5, 0.6) is 0 Å². The SMILES string of the molecule is Cc1cccc(NC(=O)c2ncsc2NC(C)C)c1. The fraction of sp³-hybridized carbons (Fsp3) is 0.286. The molecule has 0 aliphatic heterocycles. The van der Waals surface area contributed by atoms with Gasteiger partial charge in [-0.3, -0.25) is 4.79 Å². The summed E-state index contributed by atoms with van der Waals surface area (Å²) in [5, 5.41) is 6.90. The Morgan fingerprint density at radius 3 is 2.84 bits per heavy atom. The zero-order chi connectivity index (χ0) is 13.8. The summed E-state index contributed by atoms with van der Waals surface area (Å²) in [5.74, 6) is -0.185. The molecule has 0 radical (unpaired) electrons. The van der Waals surface area contributed by atoms with Gasteiger partial charge in [-0.15, -0.1) is 11.3 Å². The van der Waals surface area contributed by atoms with Gasteiger partial charge in [0.2, 0.25) is 0 Å². The maximum atomic E-state index is 12.2. The summed E-state index contributed by atoms with van der Waals surface area (Å²) >= 11 is 1.44. The molecular weight excluding hydrogens is 258 g/mol. The third kappa shape index (κ3) is 3.54. The highest BCUT2D eigenvalue weighted by molar-refractivity contribution is 7.14. The highest BCUT2D eigenvalue weighted by atomic mass is 32.1. The molecule has 1 amide bonds. The number of nitrogens with one attached hydrogen (secondary N) is 2. The van der Waals surface area contributed by atoms with Crippen LogP contribution in [0.25, 0.3) is 0 Å². The molecule has 2 aromatic rings. The summed E-state index contributed by atoms with van der Waals surface area (Å²) in [6.07, 6.45) is 0. The number of aryl methyl sites for hydroxylation is 1. The second-order valence-electron chi connectivity index (χ2n) is 4.65. The molecule has 1 heterocycles. The molecule has 0 fully saturated rings. The largest absolute Gasteiger partial charge is 0.373 e. The van der Waals surface area contributed by atoms with Crippen molar-refractivity contribution in [1.29, 1.82) is 0 Å². The van der Waals surface area contributed by atoms with Gasteiger partial charge in [0.05, 0.1) is 5.51 Å². The average Bonchev–Trinajstić information content (AvgIpc) is 2.76. The Morgan fingerprint density at radius 1 is 1.37 bits per heavy atom. The molecule has 4 nitrogen and oxygen atoms in total. The van der Waals surface area contributed by atoms with Crippen LogP contribution < -0.4 is 10.6 Å². The highest BCUT2D eigenvalue weighted by Crippen LogP contribution is 2.22. The van der Waals surface area contributed by atoms with E-state index in [1.165, 1.54) is 11.3 Å². The number of benzene rings is 1. The minimum absolute atomic E-state index is 0.185. The van der Waals surface area contributed by atoms with Crippen LogP contribution in [0.1, 0.15) is 29.9 Å². The predicted octanol–water partition coefficient (Wildman–Crippen LogP) is 3.52. The molecule has 5 heteroatoms. The number of aromatic nitrogens is 1. The fourth-order valence-electron chi connectivity index (χ4n) is 1.69. The summed E-state index contributed by atoms with van der Waals surface area (Å²) < 4.78 is 0. The van der Waals surface area contributed by atoms with Gasteiger partial charge in [0.25, 0.3) is 5.91 Å². The van der Waals surface area contributed by atoms with Crippen LogP contribution in [0.3, 0.4) is 0 Å². The van der Waals surface area contributed by atoms with Crippen LogP contribution in [0.2, 0.25) is 0 Å². The van der Waals surface area contributed by atoms with Gasteiger partial charge in [-0.1, -0.05) is 12.1 Å². The average molecular weight is 275 g/mol. The molecule has 0 saturated heterocycles. The second kappa shape index (κ2) is 5.84. The van der Waals surface area contributed by atoms with E-state index < -0.39 is 0 Å². The number of amides is 1. The van der Waals surface area contributed by atoms with Crippen molar-refractivity contribution in [3.8, 4) is 0 Å². The number of carbonyl (C=O) groups excluding carboxylic acids is 1. The van der Waals surface area contributed by atoms with Gasteiger partial charge in [-0.25, -0.2) is 4.98 Å². The van der Waals surface area contributed by atoms with Crippen LogP contribution in [0.4, 0.5) is 10.7 Å². The van der Waals surface area contributed by atoms with Crippen molar-refractivity contribution in [3.05, 3.63) is 41.0 Å². The Balaban J connectivity index is 2.14. The van der Waals surface area contributed by atoms with Gasteiger partial charge in [0, 0.05) is 11.7 Å². The molecule has 1 aromatic heterocycles. The normalized spacial score (nSPS) is 10.5. The van der Waals surface area contributed by atoms with E-state index in [1.807, 2.05) is 45.0 Å². The van der Waals surface area contributed by atoms with E-state index in [9.17, 15) is 4.79 Å². The minimum Gasteiger partial charge on any atom is -0.373 e. The Hall–Kier alpha value is -1.88. The first kappa shape index (κ1) is 13.5. The number of rotatable bonds is 4. The van der Waals surface area contributed by atoms with E-state index in [4.69, 9.17) is 0 Å². The number of hydrogen-bond acceptors (Lipinski definition) is 4. The number of anilines is 2. The van der Waals surface area contributed by atoms with E-state index >= 15 is 0 Å². The lowest BCUT2D eigenvalue weighted by atomic mass is 10.2. The zero-order valence-electron chi connectivity index (χ0n) is 11.2. The lowest BCUT2D eigenvalue weighted by molar-refractivity contribution is 0.102. The molecule has 0 aliphatic carbocycles. The fourth-order valence-corrected chi connectivity index (χ4v) is 2.51. The monoisotopic (exact) mass is 275 g/mol. The summed E-state index contributed by atoms with van der Waals surface area (Å²) in [6, 6.07) is 7.97. The Bertz CT molecular complexity index is 578. The molecule has 2 rings (SSSR count). The molecule has 0 aliphatic rings. The van der Waals surface area contributed by atoms with Crippen molar-refractivity contribution in [2.45, 2.75) is 26.8 Å².